The van der Waals surface area contributed by atoms with Crippen LogP contribution in [0.25, 0.3) is 10.1 Å². The third kappa shape index (κ3) is 2.43. The molecule has 16 heavy (non-hydrogen) atoms. The van der Waals surface area contributed by atoms with Gasteiger partial charge < -0.3 is 10.4 Å². The van der Waals surface area contributed by atoms with Gasteiger partial charge >= 0.3 is 0 Å². The molecule has 0 aliphatic carbocycles. The van der Waals surface area contributed by atoms with E-state index in [1.807, 2.05) is 13.8 Å². The quantitative estimate of drug-likeness (QED) is 0.854. The van der Waals surface area contributed by atoms with Gasteiger partial charge in [-0.1, -0.05) is 18.2 Å². The standard InChI is InChI=1S/C13H17NOS/c1-13(2,9-15)14-7-10-8-16-12-6-4-3-5-11(10)12/h3-6,8,14-15H,7,9H2,1-2H3. The number of rotatable bonds is 4. The lowest BCUT2D eigenvalue weighted by Gasteiger charge is -2.23. The van der Waals surface area contributed by atoms with Gasteiger partial charge in [0.15, 0.2) is 0 Å². The largest absolute Gasteiger partial charge is 0.394 e. The van der Waals surface area contributed by atoms with Crippen molar-refractivity contribution in [2.45, 2.75) is 25.9 Å². The number of fused-ring (bicyclic) bond motifs is 1. The van der Waals surface area contributed by atoms with E-state index in [2.05, 4.69) is 35.0 Å². The van der Waals surface area contributed by atoms with Gasteiger partial charge in [0, 0.05) is 16.8 Å². The van der Waals surface area contributed by atoms with E-state index < -0.39 is 0 Å². The van der Waals surface area contributed by atoms with Crippen molar-refractivity contribution in [3.63, 3.8) is 0 Å². The molecule has 0 fully saturated rings. The van der Waals surface area contributed by atoms with Crippen LogP contribution in [0.15, 0.2) is 29.6 Å². The third-order valence-corrected chi connectivity index (χ3v) is 3.73. The number of aliphatic hydroxyl groups is 1. The maximum Gasteiger partial charge on any atom is 0.0607 e. The molecule has 2 rings (SSSR count). The molecule has 1 aromatic carbocycles. The van der Waals surface area contributed by atoms with E-state index in [4.69, 9.17) is 0 Å². The minimum absolute atomic E-state index is 0.148. The zero-order valence-corrected chi connectivity index (χ0v) is 10.5. The van der Waals surface area contributed by atoms with Crippen molar-refractivity contribution in [2.75, 3.05) is 6.61 Å². The number of hydrogen-bond donors (Lipinski definition) is 2. The summed E-state index contributed by atoms with van der Waals surface area (Å²) in [6.07, 6.45) is 0. The van der Waals surface area contributed by atoms with E-state index in [9.17, 15) is 5.11 Å². The number of benzene rings is 1. The molecule has 0 spiro atoms. The van der Waals surface area contributed by atoms with E-state index in [1.165, 1.54) is 15.6 Å². The summed E-state index contributed by atoms with van der Waals surface area (Å²) in [6.45, 7) is 4.95. The van der Waals surface area contributed by atoms with Crippen molar-refractivity contribution in [3.8, 4) is 0 Å². The van der Waals surface area contributed by atoms with Crippen molar-refractivity contribution < 1.29 is 5.11 Å². The fourth-order valence-corrected chi connectivity index (χ4v) is 2.52. The molecule has 0 saturated heterocycles. The molecule has 0 atom stereocenters. The van der Waals surface area contributed by atoms with Crippen LogP contribution in [0.5, 0.6) is 0 Å². The van der Waals surface area contributed by atoms with Gasteiger partial charge in [-0.3, -0.25) is 0 Å². The van der Waals surface area contributed by atoms with Crippen molar-refractivity contribution in [1.29, 1.82) is 0 Å². The molecule has 1 heterocycles. The first-order valence-corrected chi connectivity index (χ1v) is 6.31. The highest BCUT2D eigenvalue weighted by atomic mass is 32.1. The van der Waals surface area contributed by atoms with Gasteiger partial charge in [0.05, 0.1) is 6.61 Å². The Bertz CT molecular complexity index is 475. The highest BCUT2D eigenvalue weighted by molar-refractivity contribution is 7.17. The first-order valence-electron chi connectivity index (χ1n) is 5.43. The van der Waals surface area contributed by atoms with Gasteiger partial charge in [0.1, 0.15) is 0 Å². The van der Waals surface area contributed by atoms with Gasteiger partial charge in [0.2, 0.25) is 0 Å². The predicted molar refractivity (Wildman–Crippen MR) is 69.8 cm³/mol. The molecule has 0 aliphatic rings. The molecule has 86 valence electrons. The first kappa shape index (κ1) is 11.6. The van der Waals surface area contributed by atoms with Gasteiger partial charge in [-0.25, -0.2) is 0 Å². The summed E-state index contributed by atoms with van der Waals surface area (Å²) in [5, 5.41) is 16.0. The van der Waals surface area contributed by atoms with Crippen molar-refractivity contribution >= 4 is 21.4 Å². The van der Waals surface area contributed by atoms with E-state index in [0.29, 0.717) is 0 Å². The third-order valence-electron chi connectivity index (χ3n) is 2.71. The molecule has 2 nitrogen and oxygen atoms in total. The van der Waals surface area contributed by atoms with Gasteiger partial charge in [-0.05, 0) is 36.2 Å². The number of hydrogen-bond acceptors (Lipinski definition) is 3. The second-order valence-electron chi connectivity index (χ2n) is 4.65. The Kier molecular flexibility index (Phi) is 3.28. The maximum absolute atomic E-state index is 9.18. The van der Waals surface area contributed by atoms with Crippen LogP contribution in [-0.4, -0.2) is 17.3 Å². The highest BCUT2D eigenvalue weighted by Crippen LogP contribution is 2.25. The maximum atomic E-state index is 9.18. The van der Waals surface area contributed by atoms with Crippen LogP contribution in [-0.2, 0) is 6.54 Å². The second kappa shape index (κ2) is 4.53. The summed E-state index contributed by atoms with van der Waals surface area (Å²) < 4.78 is 1.32. The molecule has 0 unspecified atom stereocenters. The van der Waals surface area contributed by atoms with Crippen LogP contribution in [0.3, 0.4) is 0 Å². The van der Waals surface area contributed by atoms with Crippen LogP contribution in [0.1, 0.15) is 19.4 Å². The summed E-state index contributed by atoms with van der Waals surface area (Å²) in [5.74, 6) is 0. The lowest BCUT2D eigenvalue weighted by atomic mass is 10.1. The number of nitrogens with one attached hydrogen (secondary N) is 1. The molecule has 0 bridgehead atoms. The Morgan fingerprint density at radius 1 is 1.31 bits per heavy atom. The summed E-state index contributed by atoms with van der Waals surface area (Å²) >= 11 is 1.77. The normalized spacial score (nSPS) is 12.2. The lowest BCUT2D eigenvalue weighted by molar-refractivity contribution is 0.187. The smallest absolute Gasteiger partial charge is 0.0607 e. The molecule has 2 N–H and O–H groups in total. The summed E-state index contributed by atoms with van der Waals surface area (Å²) in [5.41, 5.74) is 1.09. The molecule has 0 radical (unpaired) electrons. The summed E-state index contributed by atoms with van der Waals surface area (Å²) in [4.78, 5) is 0. The molecule has 3 heteroatoms. The zero-order valence-electron chi connectivity index (χ0n) is 9.66. The SMILES string of the molecule is CC(C)(CO)NCc1csc2ccccc12. The Morgan fingerprint density at radius 2 is 2.06 bits per heavy atom. The Hall–Kier alpha value is -0.900. The van der Waals surface area contributed by atoms with Gasteiger partial charge in [-0.15, -0.1) is 11.3 Å². The second-order valence-corrected chi connectivity index (χ2v) is 5.56. The topological polar surface area (TPSA) is 32.3 Å². The fourth-order valence-electron chi connectivity index (χ4n) is 1.56. The van der Waals surface area contributed by atoms with Crippen LogP contribution in [0, 0.1) is 0 Å². The van der Waals surface area contributed by atoms with Crippen molar-refractivity contribution in [2.24, 2.45) is 0 Å². The van der Waals surface area contributed by atoms with Crippen LogP contribution < -0.4 is 5.32 Å². The molecule has 1 aromatic heterocycles. The highest BCUT2D eigenvalue weighted by Gasteiger charge is 2.15. The van der Waals surface area contributed by atoms with E-state index in [0.717, 1.165) is 6.54 Å². The Balaban J connectivity index is 2.16. The van der Waals surface area contributed by atoms with Crippen molar-refractivity contribution in [1.82, 2.24) is 5.32 Å². The lowest BCUT2D eigenvalue weighted by Crippen LogP contribution is -2.41. The van der Waals surface area contributed by atoms with Crippen molar-refractivity contribution in [3.05, 3.63) is 35.2 Å². The average molecular weight is 235 g/mol. The number of aliphatic hydroxyl groups excluding tert-OH is 1. The summed E-state index contributed by atoms with van der Waals surface area (Å²) in [6, 6.07) is 8.42. The minimum atomic E-state index is -0.219. The monoisotopic (exact) mass is 235 g/mol. The van der Waals surface area contributed by atoms with Crippen LogP contribution in [0.2, 0.25) is 0 Å². The first-order chi connectivity index (χ1) is 7.62. The van der Waals surface area contributed by atoms with Crippen LogP contribution >= 0.6 is 11.3 Å². The molecular formula is C13H17NOS. The molecular weight excluding hydrogens is 218 g/mol. The number of thiophene rings is 1. The Morgan fingerprint density at radius 3 is 2.81 bits per heavy atom. The average Bonchev–Trinajstić information content (AvgIpc) is 2.70. The molecule has 2 aromatic rings. The molecule has 0 saturated carbocycles. The molecule has 0 aliphatic heterocycles. The Labute approximate surface area is 99.9 Å². The van der Waals surface area contributed by atoms with Gasteiger partial charge in [-0.2, -0.15) is 0 Å². The van der Waals surface area contributed by atoms with Gasteiger partial charge in [0.25, 0.3) is 0 Å². The fraction of sp³-hybridized carbons (Fsp3) is 0.385. The zero-order chi connectivity index (χ0) is 11.6. The van der Waals surface area contributed by atoms with Crippen LogP contribution in [0.4, 0.5) is 0 Å². The van der Waals surface area contributed by atoms with E-state index in [1.54, 1.807) is 11.3 Å². The van der Waals surface area contributed by atoms with E-state index >= 15 is 0 Å². The predicted octanol–water partition coefficient (Wildman–Crippen LogP) is 2.76. The van der Waals surface area contributed by atoms with E-state index in [-0.39, 0.29) is 12.1 Å². The molecule has 0 amide bonds. The summed E-state index contributed by atoms with van der Waals surface area (Å²) in [7, 11) is 0. The minimum Gasteiger partial charge on any atom is -0.394 e.